The number of nitrogens with zero attached hydrogens (tertiary/aromatic N) is 7. The number of nitrogens with two attached hydrogens (primary N) is 1. The number of benzene rings is 1. The Kier molecular flexibility index (Phi) is 5.59. The van der Waals surface area contributed by atoms with Gasteiger partial charge in [0.1, 0.15) is 11.6 Å². The van der Waals surface area contributed by atoms with Gasteiger partial charge in [-0.1, -0.05) is 11.6 Å². The van der Waals surface area contributed by atoms with E-state index in [1.165, 1.54) is 10.8 Å². The van der Waals surface area contributed by atoms with Crippen LogP contribution in [0.5, 0.6) is 0 Å². The summed E-state index contributed by atoms with van der Waals surface area (Å²) in [5.41, 5.74) is 6.27. The predicted octanol–water partition coefficient (Wildman–Crippen LogP) is 3.39. The number of likely N-dealkylation sites (N-methyl/N-ethyl adjacent to an activating group) is 1. The van der Waals surface area contributed by atoms with E-state index in [0.717, 1.165) is 31.5 Å². The molecule has 3 aromatic heterocycles. The lowest BCUT2D eigenvalue weighted by Crippen LogP contribution is -2.39. The number of hydrogen-bond donors (Lipinski definition) is 1. The zero-order valence-electron chi connectivity index (χ0n) is 17.7. The van der Waals surface area contributed by atoms with Gasteiger partial charge in [0.2, 0.25) is 17.7 Å². The van der Waals surface area contributed by atoms with E-state index in [4.69, 9.17) is 21.8 Å². The third kappa shape index (κ3) is 4.09. The van der Waals surface area contributed by atoms with Crippen molar-refractivity contribution in [1.29, 1.82) is 0 Å². The zero-order chi connectivity index (χ0) is 23.1. The van der Waals surface area contributed by atoms with Gasteiger partial charge in [-0.05, 0) is 43.7 Å². The van der Waals surface area contributed by atoms with Crippen LogP contribution in [0.1, 0.15) is 18.4 Å². The Morgan fingerprint density at radius 3 is 2.82 bits per heavy atom. The van der Waals surface area contributed by atoms with Gasteiger partial charge in [-0.25, -0.2) is 8.78 Å². The van der Waals surface area contributed by atoms with Crippen LogP contribution in [0.15, 0.2) is 34.9 Å². The molecule has 0 bridgehead atoms. The molecule has 1 unspecified atom stereocenters. The van der Waals surface area contributed by atoms with Crippen molar-refractivity contribution >= 4 is 29.3 Å². The van der Waals surface area contributed by atoms with Crippen molar-refractivity contribution in [3.8, 4) is 11.6 Å². The van der Waals surface area contributed by atoms with Gasteiger partial charge in [0.05, 0.1) is 11.3 Å². The highest BCUT2D eigenvalue weighted by Gasteiger charge is 2.28. The Bertz CT molecular complexity index is 1300. The van der Waals surface area contributed by atoms with Crippen LogP contribution in [0.2, 0.25) is 5.02 Å². The van der Waals surface area contributed by atoms with Gasteiger partial charge >= 0.3 is 0 Å². The van der Waals surface area contributed by atoms with Gasteiger partial charge < -0.3 is 15.1 Å². The number of likely N-dealkylation sites (tertiary alicyclic amines) is 1. The number of halogens is 3. The molecule has 1 aliphatic heterocycles. The van der Waals surface area contributed by atoms with E-state index in [9.17, 15) is 8.78 Å². The van der Waals surface area contributed by atoms with E-state index in [0.29, 0.717) is 29.9 Å². The van der Waals surface area contributed by atoms with Crippen LogP contribution in [-0.2, 0) is 6.54 Å². The first-order chi connectivity index (χ1) is 15.9. The standard InChI is InChI=1S/C21H21ClF2N8O/c1-30(10-12-4-2-8-31(12)11-13-14(23)6-7-15(24)17(13)22)20-27-19(25)32-21(28-20)26-18(29-32)16-5-3-9-33-16/h3,5-7,9,12H,2,4,8,10-11H2,1H3,(H2,25,26,27,28,29). The molecular weight excluding hydrogens is 454 g/mol. The fourth-order valence-corrected chi connectivity index (χ4v) is 4.31. The molecular formula is C21H21ClF2N8O. The zero-order valence-corrected chi connectivity index (χ0v) is 18.5. The number of rotatable bonds is 6. The molecule has 9 nitrogen and oxygen atoms in total. The van der Waals surface area contributed by atoms with Crippen molar-refractivity contribution in [3.63, 3.8) is 0 Å². The molecule has 5 rings (SSSR count). The molecule has 12 heteroatoms. The molecule has 33 heavy (non-hydrogen) atoms. The van der Waals surface area contributed by atoms with Crippen molar-refractivity contribution < 1.29 is 13.2 Å². The molecule has 172 valence electrons. The first kappa shape index (κ1) is 21.5. The molecule has 4 aromatic rings. The van der Waals surface area contributed by atoms with Crippen LogP contribution in [0, 0.1) is 11.6 Å². The highest BCUT2D eigenvalue weighted by molar-refractivity contribution is 6.31. The fraction of sp³-hybridized carbons (Fsp3) is 0.333. The third-order valence-corrected chi connectivity index (χ3v) is 6.20. The van der Waals surface area contributed by atoms with E-state index >= 15 is 0 Å². The lowest BCUT2D eigenvalue weighted by Gasteiger charge is -2.29. The number of hydrogen-bond acceptors (Lipinski definition) is 8. The highest BCUT2D eigenvalue weighted by atomic mass is 35.5. The van der Waals surface area contributed by atoms with E-state index in [1.54, 1.807) is 12.1 Å². The van der Waals surface area contributed by atoms with Gasteiger partial charge in [-0.2, -0.15) is 19.5 Å². The van der Waals surface area contributed by atoms with Crippen LogP contribution in [0.4, 0.5) is 20.7 Å². The molecule has 0 amide bonds. The smallest absolute Gasteiger partial charge is 0.259 e. The SMILES string of the molecule is CN(CC1CCCN1Cc1c(F)ccc(F)c1Cl)c1nc(N)n2nc(-c3ccco3)nc2n1. The molecule has 1 aromatic carbocycles. The largest absolute Gasteiger partial charge is 0.461 e. The summed E-state index contributed by atoms with van der Waals surface area (Å²) in [4.78, 5) is 17.2. The highest BCUT2D eigenvalue weighted by Crippen LogP contribution is 2.28. The Morgan fingerprint density at radius 2 is 2.03 bits per heavy atom. The van der Waals surface area contributed by atoms with Crippen molar-refractivity contribution in [1.82, 2.24) is 29.5 Å². The average Bonchev–Trinajstić information content (AvgIpc) is 3.54. The van der Waals surface area contributed by atoms with Crippen molar-refractivity contribution in [2.24, 2.45) is 0 Å². The maximum Gasteiger partial charge on any atom is 0.259 e. The Morgan fingerprint density at radius 1 is 1.21 bits per heavy atom. The predicted molar refractivity (Wildman–Crippen MR) is 119 cm³/mol. The summed E-state index contributed by atoms with van der Waals surface area (Å²) in [6.07, 6.45) is 3.36. The molecule has 0 spiro atoms. The summed E-state index contributed by atoms with van der Waals surface area (Å²) in [7, 11) is 1.85. The van der Waals surface area contributed by atoms with Gasteiger partial charge in [0.25, 0.3) is 5.78 Å². The molecule has 1 aliphatic rings. The van der Waals surface area contributed by atoms with Gasteiger partial charge in [0.15, 0.2) is 5.76 Å². The summed E-state index contributed by atoms with van der Waals surface area (Å²) >= 11 is 6.03. The van der Waals surface area contributed by atoms with E-state index in [2.05, 4.69) is 25.0 Å². The molecule has 0 radical (unpaired) electrons. The van der Waals surface area contributed by atoms with Crippen LogP contribution in [-0.4, -0.2) is 55.6 Å². The summed E-state index contributed by atoms with van der Waals surface area (Å²) in [5.74, 6) is 0.551. The minimum absolute atomic E-state index is 0.0753. The molecule has 1 saturated heterocycles. The second-order valence-corrected chi connectivity index (χ2v) is 8.35. The third-order valence-electron chi connectivity index (χ3n) is 5.79. The maximum atomic E-state index is 14.3. The summed E-state index contributed by atoms with van der Waals surface area (Å²) < 4.78 is 34.8. The van der Waals surface area contributed by atoms with E-state index in [1.807, 2.05) is 11.9 Å². The number of fused-ring (bicyclic) bond motifs is 1. The Hall–Kier alpha value is -3.31. The first-order valence-electron chi connectivity index (χ1n) is 10.4. The number of aromatic nitrogens is 5. The molecule has 1 fully saturated rings. The normalized spacial score (nSPS) is 16.7. The number of furan rings is 1. The fourth-order valence-electron chi connectivity index (χ4n) is 4.10. The monoisotopic (exact) mass is 474 g/mol. The van der Waals surface area contributed by atoms with Gasteiger partial charge in [-0.3, -0.25) is 4.90 Å². The number of anilines is 2. The average molecular weight is 475 g/mol. The Labute approximate surface area is 192 Å². The van der Waals surface area contributed by atoms with E-state index < -0.39 is 11.6 Å². The van der Waals surface area contributed by atoms with Crippen LogP contribution in [0.25, 0.3) is 17.4 Å². The quantitative estimate of drug-likeness (QED) is 0.424. The number of nitrogen functional groups attached to an aromatic ring is 1. The van der Waals surface area contributed by atoms with Gasteiger partial charge in [0, 0.05) is 31.7 Å². The summed E-state index contributed by atoms with van der Waals surface area (Å²) in [6, 6.07) is 5.70. The summed E-state index contributed by atoms with van der Waals surface area (Å²) in [6.45, 7) is 1.53. The minimum atomic E-state index is -0.625. The first-order valence-corrected chi connectivity index (χ1v) is 10.8. The molecule has 1 atom stereocenters. The molecule has 2 N–H and O–H groups in total. The maximum absolute atomic E-state index is 14.3. The topological polar surface area (TPSA) is 102 Å². The van der Waals surface area contributed by atoms with Crippen LogP contribution >= 0.6 is 11.6 Å². The lowest BCUT2D eigenvalue weighted by atomic mass is 10.1. The van der Waals surface area contributed by atoms with Crippen molar-refractivity contribution in [2.45, 2.75) is 25.4 Å². The van der Waals surface area contributed by atoms with Crippen LogP contribution in [0.3, 0.4) is 0 Å². The Balaban J connectivity index is 1.35. The van der Waals surface area contributed by atoms with Gasteiger partial charge in [-0.15, -0.1) is 5.10 Å². The second-order valence-electron chi connectivity index (χ2n) is 7.98. The summed E-state index contributed by atoms with van der Waals surface area (Å²) in [5, 5.41) is 4.13. The minimum Gasteiger partial charge on any atom is -0.461 e. The lowest BCUT2D eigenvalue weighted by molar-refractivity contribution is 0.244. The molecule has 4 heterocycles. The van der Waals surface area contributed by atoms with E-state index in [-0.39, 0.29) is 29.1 Å². The van der Waals surface area contributed by atoms with Crippen molar-refractivity contribution in [3.05, 3.63) is 52.7 Å². The molecule has 0 saturated carbocycles. The van der Waals surface area contributed by atoms with Crippen molar-refractivity contribution in [2.75, 3.05) is 30.8 Å². The van der Waals surface area contributed by atoms with Crippen LogP contribution < -0.4 is 10.6 Å². The molecule has 0 aliphatic carbocycles. The second kappa shape index (κ2) is 8.56.